The average Bonchev–Trinajstić information content (AvgIpc) is 2.78. The number of nitrogens with two attached hydrogens (primary N) is 1. The molecule has 0 aliphatic rings. The number of hydrogen-bond donors (Lipinski definition) is 1. The Morgan fingerprint density at radius 1 is 1.12 bits per heavy atom. The smallest absolute Gasteiger partial charge is 0.163 e. The Bertz CT molecular complexity index is 643. The van der Waals surface area contributed by atoms with Crippen LogP contribution in [0.25, 0.3) is 17.0 Å². The van der Waals surface area contributed by atoms with Crippen LogP contribution < -0.4 is 5.73 Å². The number of rotatable bonds is 2. The van der Waals surface area contributed by atoms with Crippen LogP contribution >= 0.6 is 0 Å². The molecular weight excluding hydrogens is 212 g/mol. The second kappa shape index (κ2) is 3.99. The predicted molar refractivity (Wildman–Crippen MR) is 66.3 cm³/mol. The van der Waals surface area contributed by atoms with Gasteiger partial charge < -0.3 is 5.73 Å². The van der Waals surface area contributed by atoms with Gasteiger partial charge in [0.05, 0.1) is 11.2 Å². The molecule has 0 bridgehead atoms. The van der Waals surface area contributed by atoms with E-state index in [0.29, 0.717) is 6.54 Å². The van der Waals surface area contributed by atoms with E-state index in [1.165, 1.54) is 0 Å². The zero-order valence-corrected chi connectivity index (χ0v) is 9.24. The predicted octanol–water partition coefficient (Wildman–Crippen LogP) is 1.85. The summed E-state index contributed by atoms with van der Waals surface area (Å²) in [6, 6.07) is 11.8. The van der Waals surface area contributed by atoms with Crippen LogP contribution in [0.2, 0.25) is 0 Å². The number of pyridine rings is 2. The summed E-state index contributed by atoms with van der Waals surface area (Å²) in [6.45, 7) is 0.431. The first-order valence-corrected chi connectivity index (χ1v) is 5.47. The summed E-state index contributed by atoms with van der Waals surface area (Å²) in [5, 5.41) is 0. The summed E-state index contributed by atoms with van der Waals surface area (Å²) in [4.78, 5) is 8.88. The van der Waals surface area contributed by atoms with Crippen molar-refractivity contribution in [2.24, 2.45) is 5.73 Å². The Morgan fingerprint density at radius 3 is 2.76 bits per heavy atom. The maximum atomic E-state index is 5.71. The van der Waals surface area contributed by atoms with Crippen LogP contribution in [0.15, 0.2) is 48.8 Å². The van der Waals surface area contributed by atoms with Crippen molar-refractivity contribution in [1.29, 1.82) is 0 Å². The van der Waals surface area contributed by atoms with Crippen molar-refractivity contribution >= 4 is 5.52 Å². The molecule has 0 amide bonds. The molecule has 0 unspecified atom stereocenters. The third-order valence-corrected chi connectivity index (χ3v) is 2.71. The van der Waals surface area contributed by atoms with Crippen molar-refractivity contribution in [2.75, 3.05) is 0 Å². The molecule has 0 aliphatic heterocycles. The minimum atomic E-state index is 0.431. The van der Waals surface area contributed by atoms with E-state index in [1.54, 1.807) is 6.20 Å². The number of nitrogens with zero attached hydrogens (tertiary/aromatic N) is 3. The summed E-state index contributed by atoms with van der Waals surface area (Å²) >= 11 is 0. The maximum Gasteiger partial charge on any atom is 0.163 e. The van der Waals surface area contributed by atoms with Crippen LogP contribution in [0.5, 0.6) is 0 Å². The molecule has 0 atom stereocenters. The fourth-order valence-corrected chi connectivity index (χ4v) is 1.93. The van der Waals surface area contributed by atoms with Gasteiger partial charge in [-0.1, -0.05) is 12.1 Å². The van der Waals surface area contributed by atoms with E-state index in [-0.39, 0.29) is 0 Å². The van der Waals surface area contributed by atoms with E-state index in [0.717, 1.165) is 22.7 Å². The fourth-order valence-electron chi connectivity index (χ4n) is 1.93. The lowest BCUT2D eigenvalue weighted by Crippen LogP contribution is -1.96. The molecule has 4 nitrogen and oxygen atoms in total. The first kappa shape index (κ1) is 9.99. The standard InChI is InChI=1S/C13H12N4/c14-9-11-12-6-2-4-8-17(12)13(16-11)10-5-1-3-7-15-10/h1-8H,9,14H2. The van der Waals surface area contributed by atoms with Crippen LogP contribution in [-0.4, -0.2) is 14.4 Å². The Kier molecular flexibility index (Phi) is 2.34. The Morgan fingerprint density at radius 2 is 2.00 bits per heavy atom. The normalized spacial score (nSPS) is 10.9. The van der Waals surface area contributed by atoms with Crippen molar-refractivity contribution in [3.63, 3.8) is 0 Å². The van der Waals surface area contributed by atoms with E-state index in [1.807, 2.05) is 47.0 Å². The van der Waals surface area contributed by atoms with Gasteiger partial charge in [-0.05, 0) is 24.3 Å². The summed E-state index contributed by atoms with van der Waals surface area (Å²) < 4.78 is 2.02. The van der Waals surface area contributed by atoms with Crippen LogP contribution in [0.1, 0.15) is 5.69 Å². The van der Waals surface area contributed by atoms with E-state index < -0.39 is 0 Å². The molecule has 0 aliphatic carbocycles. The lowest BCUT2D eigenvalue weighted by atomic mass is 10.3. The third-order valence-electron chi connectivity index (χ3n) is 2.71. The number of fused-ring (bicyclic) bond motifs is 1. The number of hydrogen-bond acceptors (Lipinski definition) is 3. The Hall–Kier alpha value is -2.20. The van der Waals surface area contributed by atoms with Gasteiger partial charge in [0.25, 0.3) is 0 Å². The molecule has 0 radical (unpaired) electrons. The topological polar surface area (TPSA) is 56.2 Å². The number of aromatic nitrogens is 3. The first-order valence-electron chi connectivity index (χ1n) is 5.47. The molecule has 4 heteroatoms. The molecule has 3 aromatic heterocycles. The molecule has 3 rings (SSSR count). The lowest BCUT2D eigenvalue weighted by molar-refractivity contribution is 1.02. The summed E-state index contributed by atoms with van der Waals surface area (Å²) in [5.74, 6) is 0.835. The van der Waals surface area contributed by atoms with Gasteiger partial charge in [0.15, 0.2) is 5.82 Å². The van der Waals surface area contributed by atoms with E-state index in [4.69, 9.17) is 5.73 Å². The zero-order valence-electron chi connectivity index (χ0n) is 9.24. The van der Waals surface area contributed by atoms with Gasteiger partial charge in [-0.3, -0.25) is 9.38 Å². The van der Waals surface area contributed by atoms with Crippen LogP contribution in [0.4, 0.5) is 0 Å². The molecule has 0 saturated carbocycles. The van der Waals surface area contributed by atoms with E-state index in [9.17, 15) is 0 Å². The lowest BCUT2D eigenvalue weighted by Gasteiger charge is -1.99. The van der Waals surface area contributed by atoms with Gasteiger partial charge in [-0.25, -0.2) is 4.98 Å². The SMILES string of the molecule is NCc1nc(-c2ccccn2)n2ccccc12. The summed E-state index contributed by atoms with van der Waals surface area (Å²) in [7, 11) is 0. The molecule has 0 saturated heterocycles. The first-order chi connectivity index (χ1) is 8.40. The third kappa shape index (κ3) is 1.59. The monoisotopic (exact) mass is 224 g/mol. The van der Waals surface area contributed by atoms with Crippen LogP contribution in [0, 0.1) is 0 Å². The molecule has 2 N–H and O–H groups in total. The van der Waals surface area contributed by atoms with Gasteiger partial charge in [-0.15, -0.1) is 0 Å². The minimum absolute atomic E-state index is 0.431. The van der Waals surface area contributed by atoms with Gasteiger partial charge in [0, 0.05) is 18.9 Å². The molecule has 0 fully saturated rings. The minimum Gasteiger partial charge on any atom is -0.325 e. The van der Waals surface area contributed by atoms with Gasteiger partial charge in [-0.2, -0.15) is 0 Å². The van der Waals surface area contributed by atoms with Crippen molar-refractivity contribution in [3.05, 3.63) is 54.5 Å². The Balaban J connectivity index is 2.31. The second-order valence-electron chi connectivity index (χ2n) is 3.76. The maximum absolute atomic E-state index is 5.71. The largest absolute Gasteiger partial charge is 0.325 e. The fraction of sp³-hybridized carbons (Fsp3) is 0.0769. The van der Waals surface area contributed by atoms with Gasteiger partial charge in [0.2, 0.25) is 0 Å². The van der Waals surface area contributed by atoms with E-state index in [2.05, 4.69) is 9.97 Å². The number of imidazole rings is 1. The van der Waals surface area contributed by atoms with Crippen molar-refractivity contribution in [1.82, 2.24) is 14.4 Å². The molecule has 3 aromatic rings. The molecule has 0 aromatic carbocycles. The quantitative estimate of drug-likeness (QED) is 0.722. The van der Waals surface area contributed by atoms with Crippen LogP contribution in [-0.2, 0) is 6.54 Å². The molecule has 3 heterocycles. The zero-order chi connectivity index (χ0) is 11.7. The van der Waals surface area contributed by atoms with Crippen LogP contribution in [0.3, 0.4) is 0 Å². The van der Waals surface area contributed by atoms with Gasteiger partial charge >= 0.3 is 0 Å². The molecular formula is C13H12N4. The van der Waals surface area contributed by atoms with Crippen molar-refractivity contribution < 1.29 is 0 Å². The van der Waals surface area contributed by atoms with Gasteiger partial charge in [0.1, 0.15) is 5.69 Å². The summed E-state index contributed by atoms with van der Waals surface area (Å²) in [6.07, 6.45) is 3.74. The molecule has 84 valence electrons. The highest BCUT2D eigenvalue weighted by Gasteiger charge is 2.11. The average molecular weight is 224 g/mol. The highest BCUT2D eigenvalue weighted by Crippen LogP contribution is 2.20. The highest BCUT2D eigenvalue weighted by molar-refractivity contribution is 5.62. The molecule has 17 heavy (non-hydrogen) atoms. The second-order valence-corrected chi connectivity index (χ2v) is 3.76. The Labute approximate surface area is 98.8 Å². The summed E-state index contributed by atoms with van der Waals surface area (Å²) in [5.41, 5.74) is 8.50. The van der Waals surface area contributed by atoms with Crippen molar-refractivity contribution in [3.8, 4) is 11.5 Å². The molecule has 0 spiro atoms. The van der Waals surface area contributed by atoms with E-state index >= 15 is 0 Å². The van der Waals surface area contributed by atoms with Crippen molar-refractivity contribution in [2.45, 2.75) is 6.54 Å². The highest BCUT2D eigenvalue weighted by atomic mass is 15.0.